The summed E-state index contributed by atoms with van der Waals surface area (Å²) >= 11 is 0. The van der Waals surface area contributed by atoms with Gasteiger partial charge in [0.05, 0.1) is 13.7 Å². The summed E-state index contributed by atoms with van der Waals surface area (Å²) in [4.78, 5) is 34.9. The second-order valence-corrected chi connectivity index (χ2v) is 5.69. The van der Waals surface area contributed by atoms with Gasteiger partial charge >= 0.3 is 5.97 Å². The van der Waals surface area contributed by atoms with Crippen molar-refractivity contribution in [2.45, 2.75) is 38.1 Å². The minimum atomic E-state index is -0.659. The average molecular weight is 386 g/mol. The van der Waals surface area contributed by atoms with Gasteiger partial charge in [-0.3, -0.25) is 14.4 Å². The first-order valence-corrected chi connectivity index (χ1v) is 8.44. The molecule has 0 aliphatic carbocycles. The van der Waals surface area contributed by atoms with Gasteiger partial charge in [-0.15, -0.1) is 12.4 Å². The van der Waals surface area contributed by atoms with Gasteiger partial charge in [-0.2, -0.15) is 0 Å². The van der Waals surface area contributed by atoms with Crippen LogP contribution in [0.25, 0.3) is 0 Å². The fourth-order valence-electron chi connectivity index (χ4n) is 2.32. The largest absolute Gasteiger partial charge is 0.469 e. The van der Waals surface area contributed by atoms with E-state index < -0.39 is 6.04 Å². The molecular formula is C18H28ClN3O4. The zero-order chi connectivity index (χ0) is 18.5. The molecule has 1 aromatic rings. The number of carbonyl (C=O) groups excluding carboxylic acids is 3. The first-order chi connectivity index (χ1) is 12.1. The highest BCUT2D eigenvalue weighted by molar-refractivity contribution is 5.88. The van der Waals surface area contributed by atoms with Gasteiger partial charge in [-0.25, -0.2) is 0 Å². The maximum Gasteiger partial charge on any atom is 0.305 e. The Balaban J connectivity index is 0.00000625. The van der Waals surface area contributed by atoms with E-state index in [9.17, 15) is 14.4 Å². The molecule has 1 atom stereocenters. The van der Waals surface area contributed by atoms with Crippen molar-refractivity contribution >= 4 is 30.2 Å². The summed E-state index contributed by atoms with van der Waals surface area (Å²) in [6.07, 6.45) is 3.08. The number of nitrogens with one attached hydrogen (secondary N) is 2. The third kappa shape index (κ3) is 10.0. The molecule has 26 heavy (non-hydrogen) atoms. The number of hydrogen-bond donors (Lipinski definition) is 3. The molecule has 0 fully saturated rings. The average Bonchev–Trinajstić information content (AvgIpc) is 2.64. The zero-order valence-corrected chi connectivity index (χ0v) is 15.8. The van der Waals surface area contributed by atoms with Crippen LogP contribution in [-0.4, -0.2) is 44.0 Å². The Labute approximate surface area is 160 Å². The Hall–Kier alpha value is -2.12. The van der Waals surface area contributed by atoms with Gasteiger partial charge in [0.1, 0.15) is 6.04 Å². The van der Waals surface area contributed by atoms with Crippen LogP contribution in [0.2, 0.25) is 0 Å². The fraction of sp³-hybridized carbons (Fsp3) is 0.500. The lowest BCUT2D eigenvalue weighted by Gasteiger charge is -2.18. The second kappa shape index (κ2) is 14.1. The first kappa shape index (κ1) is 23.9. The van der Waals surface area contributed by atoms with E-state index in [-0.39, 0.29) is 36.7 Å². The zero-order valence-electron chi connectivity index (χ0n) is 15.0. The summed E-state index contributed by atoms with van der Waals surface area (Å²) in [5, 5.41) is 5.48. The highest BCUT2D eigenvalue weighted by Crippen LogP contribution is 2.04. The van der Waals surface area contributed by atoms with Crippen molar-refractivity contribution < 1.29 is 19.1 Å². The Morgan fingerprint density at radius 2 is 1.81 bits per heavy atom. The van der Waals surface area contributed by atoms with E-state index in [1.54, 1.807) is 0 Å². The number of hydrogen-bond acceptors (Lipinski definition) is 5. The quantitative estimate of drug-likeness (QED) is 0.388. The van der Waals surface area contributed by atoms with Crippen LogP contribution in [0.4, 0.5) is 0 Å². The molecule has 0 unspecified atom stereocenters. The van der Waals surface area contributed by atoms with Crippen molar-refractivity contribution in [1.82, 2.24) is 10.6 Å². The number of rotatable bonds is 11. The van der Waals surface area contributed by atoms with Crippen molar-refractivity contribution in [3.63, 3.8) is 0 Å². The topological polar surface area (TPSA) is 111 Å². The number of benzene rings is 1. The van der Waals surface area contributed by atoms with Crippen molar-refractivity contribution in [3.05, 3.63) is 35.9 Å². The predicted molar refractivity (Wildman–Crippen MR) is 102 cm³/mol. The molecule has 2 amide bonds. The Bertz CT molecular complexity index is 555. The van der Waals surface area contributed by atoms with E-state index in [0.717, 1.165) is 24.8 Å². The lowest BCUT2D eigenvalue weighted by molar-refractivity contribution is -0.140. The van der Waals surface area contributed by atoms with Crippen LogP contribution >= 0.6 is 12.4 Å². The molecule has 0 aromatic heterocycles. The number of nitrogens with two attached hydrogens (primary N) is 1. The van der Waals surface area contributed by atoms with E-state index in [1.807, 2.05) is 30.3 Å². The van der Waals surface area contributed by atoms with E-state index in [1.165, 1.54) is 7.11 Å². The molecule has 1 rings (SSSR count). The molecule has 1 aromatic carbocycles. The standard InChI is InChI=1S/C18H27N3O4.ClH/c1-25-17(23)10-6-3-7-11-20-18(24)15(21-16(22)13-19)12-14-8-4-2-5-9-14;/h2,4-5,8-9,15H,3,6-7,10-13,19H2,1H3,(H,20,24)(H,21,22);1H/t15-;/m0./s1. The third-order valence-corrected chi connectivity index (χ3v) is 3.70. The Kier molecular flexibility index (Phi) is 12.9. The van der Waals surface area contributed by atoms with E-state index in [0.29, 0.717) is 19.4 Å². The molecule has 4 N–H and O–H groups in total. The SMILES string of the molecule is COC(=O)CCCCCNC(=O)[C@H](Cc1ccccc1)NC(=O)CN.Cl. The molecule has 0 heterocycles. The number of carbonyl (C=O) groups is 3. The lowest BCUT2D eigenvalue weighted by atomic mass is 10.0. The fourth-order valence-corrected chi connectivity index (χ4v) is 2.32. The monoisotopic (exact) mass is 385 g/mol. The predicted octanol–water partition coefficient (Wildman–Crippen LogP) is 0.944. The number of ether oxygens (including phenoxy) is 1. The number of methoxy groups -OCH3 is 1. The van der Waals surface area contributed by atoms with E-state index in [2.05, 4.69) is 15.4 Å². The molecule has 0 aliphatic heterocycles. The molecule has 0 radical (unpaired) electrons. The Morgan fingerprint density at radius 1 is 1.12 bits per heavy atom. The van der Waals surface area contributed by atoms with Crippen LogP contribution in [0.5, 0.6) is 0 Å². The molecule has 8 heteroatoms. The molecule has 0 saturated heterocycles. The summed E-state index contributed by atoms with van der Waals surface area (Å²) in [6.45, 7) is 0.329. The summed E-state index contributed by atoms with van der Waals surface area (Å²) in [5.74, 6) is -0.829. The number of unbranched alkanes of at least 4 members (excludes halogenated alkanes) is 2. The summed E-state index contributed by atoms with van der Waals surface area (Å²) < 4.78 is 4.57. The van der Waals surface area contributed by atoms with Crippen LogP contribution in [0.1, 0.15) is 31.2 Å². The van der Waals surface area contributed by atoms with Gasteiger partial charge in [0.2, 0.25) is 11.8 Å². The molecule has 7 nitrogen and oxygen atoms in total. The Morgan fingerprint density at radius 3 is 2.42 bits per heavy atom. The number of amides is 2. The lowest BCUT2D eigenvalue weighted by Crippen LogP contribution is -2.49. The molecule has 0 saturated carbocycles. The number of halogens is 1. The second-order valence-electron chi connectivity index (χ2n) is 5.69. The van der Waals surface area contributed by atoms with E-state index >= 15 is 0 Å². The normalized spacial score (nSPS) is 11.0. The third-order valence-electron chi connectivity index (χ3n) is 3.70. The van der Waals surface area contributed by atoms with Gasteiger partial charge in [-0.1, -0.05) is 36.8 Å². The van der Waals surface area contributed by atoms with E-state index in [4.69, 9.17) is 5.73 Å². The van der Waals surface area contributed by atoms with Gasteiger partial charge in [0.25, 0.3) is 0 Å². The van der Waals surface area contributed by atoms with Crippen LogP contribution < -0.4 is 16.4 Å². The highest BCUT2D eigenvalue weighted by atomic mass is 35.5. The summed E-state index contributed by atoms with van der Waals surface area (Å²) in [5.41, 5.74) is 6.28. The van der Waals surface area contributed by atoms with Crippen LogP contribution in [0, 0.1) is 0 Å². The molecule has 0 bridgehead atoms. The first-order valence-electron chi connectivity index (χ1n) is 8.44. The smallest absolute Gasteiger partial charge is 0.305 e. The van der Waals surface area contributed by atoms with Gasteiger partial charge < -0.3 is 21.1 Å². The van der Waals surface area contributed by atoms with Crippen molar-refractivity contribution in [3.8, 4) is 0 Å². The minimum absolute atomic E-state index is 0. The minimum Gasteiger partial charge on any atom is -0.469 e. The van der Waals surface area contributed by atoms with Crippen LogP contribution in [0.3, 0.4) is 0 Å². The van der Waals surface area contributed by atoms with Gasteiger partial charge in [-0.05, 0) is 18.4 Å². The van der Waals surface area contributed by atoms with Crippen LogP contribution in [-0.2, 0) is 25.5 Å². The maximum atomic E-state index is 12.3. The van der Waals surface area contributed by atoms with Gasteiger partial charge in [0.15, 0.2) is 0 Å². The highest BCUT2D eigenvalue weighted by Gasteiger charge is 2.20. The molecular weight excluding hydrogens is 358 g/mol. The molecule has 146 valence electrons. The van der Waals surface area contributed by atoms with Crippen LogP contribution in [0.15, 0.2) is 30.3 Å². The van der Waals surface area contributed by atoms with Gasteiger partial charge in [0, 0.05) is 19.4 Å². The maximum absolute atomic E-state index is 12.3. The van der Waals surface area contributed by atoms with Crippen molar-refractivity contribution in [1.29, 1.82) is 0 Å². The van der Waals surface area contributed by atoms with Crippen molar-refractivity contribution in [2.75, 3.05) is 20.2 Å². The molecule has 0 aliphatic rings. The summed E-state index contributed by atoms with van der Waals surface area (Å²) in [6, 6.07) is 8.81. The molecule has 0 spiro atoms. The summed E-state index contributed by atoms with van der Waals surface area (Å²) in [7, 11) is 1.37. The number of esters is 1. The van der Waals surface area contributed by atoms with Crippen molar-refractivity contribution in [2.24, 2.45) is 5.73 Å².